The Morgan fingerprint density at radius 1 is 1.13 bits per heavy atom. The fraction of sp³-hybridized carbons (Fsp3) is 0.200. The van der Waals surface area contributed by atoms with E-state index in [2.05, 4.69) is 5.32 Å². The molecule has 2 aromatic rings. The van der Waals surface area contributed by atoms with E-state index in [9.17, 15) is 22.8 Å². The van der Waals surface area contributed by atoms with Gasteiger partial charge in [0.05, 0.1) is 0 Å². The van der Waals surface area contributed by atoms with Crippen molar-refractivity contribution in [2.24, 2.45) is 0 Å². The lowest BCUT2D eigenvalue weighted by molar-refractivity contribution is -0.141. The van der Waals surface area contributed by atoms with Gasteiger partial charge in [-0.15, -0.1) is 11.8 Å². The second-order valence-electron chi connectivity index (χ2n) is 4.53. The molecule has 2 rings (SSSR count). The fourth-order valence-electron chi connectivity index (χ4n) is 1.76. The summed E-state index contributed by atoms with van der Waals surface area (Å²) >= 11 is 1.52. The molecule has 0 unspecified atom stereocenters. The highest BCUT2D eigenvalue weighted by Crippen LogP contribution is 2.26. The van der Waals surface area contributed by atoms with Crippen molar-refractivity contribution in [3.63, 3.8) is 0 Å². The van der Waals surface area contributed by atoms with E-state index >= 15 is 0 Å². The third-order valence-corrected chi connectivity index (χ3v) is 3.87. The first-order chi connectivity index (χ1) is 10.9. The van der Waals surface area contributed by atoms with Crippen LogP contribution in [0.3, 0.4) is 0 Å². The van der Waals surface area contributed by atoms with E-state index in [-0.39, 0.29) is 5.56 Å². The predicted molar refractivity (Wildman–Crippen MR) is 81.6 cm³/mol. The van der Waals surface area contributed by atoms with Crippen LogP contribution in [0.2, 0.25) is 0 Å². The summed E-state index contributed by atoms with van der Waals surface area (Å²) in [5.74, 6) is -0.123. The molecule has 0 aliphatic heterocycles. The Balaban J connectivity index is 1.90. The van der Waals surface area contributed by atoms with Crippen molar-refractivity contribution in [1.82, 2.24) is 10.3 Å². The van der Waals surface area contributed by atoms with Crippen LogP contribution in [0.15, 0.2) is 52.2 Å². The number of aromatic nitrogens is 1. The average molecular weight is 342 g/mol. The van der Waals surface area contributed by atoms with Crippen LogP contribution < -0.4 is 10.9 Å². The minimum Gasteiger partial charge on any atom is -0.351 e. The maximum atomic E-state index is 12.4. The zero-order chi connectivity index (χ0) is 16.9. The normalized spacial score (nSPS) is 11.3. The number of hydrogen-bond acceptors (Lipinski definition) is 3. The first kappa shape index (κ1) is 17.1. The molecule has 0 saturated carbocycles. The Morgan fingerprint density at radius 3 is 2.43 bits per heavy atom. The minimum absolute atomic E-state index is 0.291. The topological polar surface area (TPSA) is 62.0 Å². The van der Waals surface area contributed by atoms with E-state index < -0.39 is 23.3 Å². The molecular weight excluding hydrogens is 329 g/mol. The van der Waals surface area contributed by atoms with Crippen LogP contribution in [0.4, 0.5) is 13.2 Å². The molecule has 2 N–H and O–H groups in total. The molecule has 0 fully saturated rings. The van der Waals surface area contributed by atoms with E-state index in [1.165, 1.54) is 11.8 Å². The number of carbonyl (C=O) groups excluding carboxylic acids is 1. The molecule has 0 bridgehead atoms. The zero-order valence-corrected chi connectivity index (χ0v) is 12.6. The Morgan fingerprint density at radius 2 is 1.83 bits per heavy atom. The number of hydrogen-bond donors (Lipinski definition) is 2. The summed E-state index contributed by atoms with van der Waals surface area (Å²) in [4.78, 5) is 26.1. The first-order valence-corrected chi connectivity index (χ1v) is 7.63. The summed E-state index contributed by atoms with van der Waals surface area (Å²) in [5.41, 5.74) is -2.59. The van der Waals surface area contributed by atoms with Gasteiger partial charge in [-0.25, -0.2) is 0 Å². The van der Waals surface area contributed by atoms with Crippen LogP contribution in [0, 0.1) is 0 Å². The Bertz CT molecular complexity index is 729. The number of carbonyl (C=O) groups is 1. The van der Waals surface area contributed by atoms with E-state index in [4.69, 9.17) is 0 Å². The third-order valence-electron chi connectivity index (χ3n) is 2.86. The summed E-state index contributed by atoms with van der Waals surface area (Å²) in [6, 6.07) is 11.1. The number of H-pyrrole nitrogens is 1. The second-order valence-corrected chi connectivity index (χ2v) is 5.70. The SMILES string of the molecule is O=C(NCCSc1ccccc1)c1ccc(C(F)(F)F)[nH]c1=O. The highest BCUT2D eigenvalue weighted by atomic mass is 32.2. The molecule has 0 atom stereocenters. The highest BCUT2D eigenvalue weighted by molar-refractivity contribution is 7.99. The lowest BCUT2D eigenvalue weighted by Gasteiger charge is -2.08. The molecule has 23 heavy (non-hydrogen) atoms. The number of alkyl halides is 3. The summed E-state index contributed by atoms with van der Waals surface area (Å²) in [6.07, 6.45) is -4.65. The van der Waals surface area contributed by atoms with E-state index in [0.717, 1.165) is 11.0 Å². The highest BCUT2D eigenvalue weighted by Gasteiger charge is 2.32. The zero-order valence-electron chi connectivity index (χ0n) is 11.8. The lowest BCUT2D eigenvalue weighted by atomic mass is 10.2. The van der Waals surface area contributed by atoms with Crippen LogP contribution in [0.1, 0.15) is 16.1 Å². The quantitative estimate of drug-likeness (QED) is 0.649. The number of thioether (sulfide) groups is 1. The predicted octanol–water partition coefficient (Wildman–Crippen LogP) is 2.92. The van der Waals surface area contributed by atoms with Crippen LogP contribution in [-0.2, 0) is 6.18 Å². The molecule has 1 aromatic heterocycles. The van der Waals surface area contributed by atoms with Crippen LogP contribution in [0.5, 0.6) is 0 Å². The molecule has 0 spiro atoms. The second kappa shape index (κ2) is 7.36. The summed E-state index contributed by atoms with van der Waals surface area (Å²) in [6.45, 7) is 0.291. The largest absolute Gasteiger partial charge is 0.431 e. The summed E-state index contributed by atoms with van der Waals surface area (Å²) < 4.78 is 37.3. The number of rotatable bonds is 5. The molecule has 0 radical (unpaired) electrons. The summed E-state index contributed by atoms with van der Waals surface area (Å²) in [7, 11) is 0. The number of halogens is 3. The van der Waals surface area contributed by atoms with Gasteiger partial charge in [-0.05, 0) is 24.3 Å². The minimum atomic E-state index is -4.65. The van der Waals surface area contributed by atoms with Crippen molar-refractivity contribution in [1.29, 1.82) is 0 Å². The Labute approximate surface area is 134 Å². The maximum Gasteiger partial charge on any atom is 0.431 e. The van der Waals surface area contributed by atoms with E-state index in [1.807, 2.05) is 30.3 Å². The molecule has 1 amide bonds. The van der Waals surface area contributed by atoms with Crippen molar-refractivity contribution < 1.29 is 18.0 Å². The molecular formula is C15H13F3N2O2S. The van der Waals surface area contributed by atoms with Crippen molar-refractivity contribution in [3.05, 3.63) is 64.1 Å². The van der Waals surface area contributed by atoms with Gasteiger partial charge in [0.25, 0.3) is 11.5 Å². The summed E-state index contributed by atoms with van der Waals surface area (Å²) in [5, 5.41) is 2.51. The molecule has 0 aliphatic carbocycles. The number of aromatic amines is 1. The molecule has 0 saturated heterocycles. The van der Waals surface area contributed by atoms with Gasteiger partial charge in [0.1, 0.15) is 11.3 Å². The van der Waals surface area contributed by atoms with Crippen LogP contribution >= 0.6 is 11.8 Å². The molecule has 122 valence electrons. The third kappa shape index (κ3) is 4.88. The molecule has 1 aromatic carbocycles. The van der Waals surface area contributed by atoms with Crippen molar-refractivity contribution in [2.75, 3.05) is 12.3 Å². The van der Waals surface area contributed by atoms with Crippen molar-refractivity contribution in [2.45, 2.75) is 11.1 Å². The fourth-order valence-corrected chi connectivity index (χ4v) is 2.55. The standard InChI is InChI=1S/C15H13F3N2O2S/c16-15(17,18)12-7-6-11(14(22)20-12)13(21)19-8-9-23-10-4-2-1-3-5-10/h1-7H,8-9H2,(H,19,21)(H,20,22). The Hall–Kier alpha value is -2.22. The molecule has 4 nitrogen and oxygen atoms in total. The average Bonchev–Trinajstić information content (AvgIpc) is 2.51. The van der Waals surface area contributed by atoms with Gasteiger partial charge in [-0.3, -0.25) is 9.59 Å². The number of benzene rings is 1. The number of nitrogens with one attached hydrogen (secondary N) is 2. The van der Waals surface area contributed by atoms with E-state index in [1.54, 1.807) is 4.98 Å². The van der Waals surface area contributed by atoms with Crippen molar-refractivity contribution in [3.8, 4) is 0 Å². The number of amides is 1. The monoisotopic (exact) mass is 342 g/mol. The van der Waals surface area contributed by atoms with E-state index in [0.29, 0.717) is 18.4 Å². The van der Waals surface area contributed by atoms with Gasteiger partial charge >= 0.3 is 6.18 Å². The van der Waals surface area contributed by atoms with Crippen LogP contribution in [-0.4, -0.2) is 23.2 Å². The van der Waals surface area contributed by atoms with Crippen molar-refractivity contribution >= 4 is 17.7 Å². The van der Waals surface area contributed by atoms with Gasteiger partial charge in [0.2, 0.25) is 0 Å². The van der Waals surface area contributed by atoms with Gasteiger partial charge < -0.3 is 10.3 Å². The smallest absolute Gasteiger partial charge is 0.351 e. The number of pyridine rings is 1. The lowest BCUT2D eigenvalue weighted by Crippen LogP contribution is -2.32. The van der Waals surface area contributed by atoms with Gasteiger partial charge in [0.15, 0.2) is 0 Å². The Kier molecular flexibility index (Phi) is 5.49. The molecule has 0 aliphatic rings. The first-order valence-electron chi connectivity index (χ1n) is 6.64. The maximum absolute atomic E-state index is 12.4. The molecule has 8 heteroatoms. The van der Waals surface area contributed by atoms with Gasteiger partial charge in [-0.1, -0.05) is 18.2 Å². The van der Waals surface area contributed by atoms with Crippen LogP contribution in [0.25, 0.3) is 0 Å². The van der Waals surface area contributed by atoms with Gasteiger partial charge in [0, 0.05) is 17.2 Å². The van der Waals surface area contributed by atoms with Gasteiger partial charge in [-0.2, -0.15) is 13.2 Å². The molecule has 1 heterocycles.